The van der Waals surface area contributed by atoms with Crippen molar-refractivity contribution in [3.63, 3.8) is 0 Å². The summed E-state index contributed by atoms with van der Waals surface area (Å²) in [4.78, 5) is 11.6. The van der Waals surface area contributed by atoms with Crippen molar-refractivity contribution >= 4 is 11.6 Å². The molecule has 1 aromatic rings. The Kier molecular flexibility index (Phi) is 3.52. The Hall–Kier alpha value is -1.71. The van der Waals surface area contributed by atoms with E-state index in [1.807, 2.05) is 12.2 Å². The Bertz CT molecular complexity index is 457. The van der Waals surface area contributed by atoms with Crippen molar-refractivity contribution in [3.05, 3.63) is 42.0 Å². The lowest BCUT2D eigenvalue weighted by atomic mass is 10.1. The quantitative estimate of drug-likeness (QED) is 0.803. The van der Waals surface area contributed by atoms with Crippen molar-refractivity contribution in [2.45, 2.75) is 19.3 Å². The van der Waals surface area contributed by atoms with Crippen LogP contribution < -0.4 is 5.32 Å². The predicted octanol–water partition coefficient (Wildman–Crippen LogP) is 3.26. The van der Waals surface area contributed by atoms with Crippen LogP contribution in [0.15, 0.2) is 30.4 Å². The lowest BCUT2D eigenvalue weighted by Gasteiger charge is -2.09. The van der Waals surface area contributed by atoms with Crippen LogP contribution in [0.1, 0.15) is 19.3 Å². The number of carbonyl (C=O) groups is 1. The summed E-state index contributed by atoms with van der Waals surface area (Å²) < 4.78 is 26.2. The van der Waals surface area contributed by atoms with Crippen LogP contribution in [0.4, 0.5) is 14.5 Å². The van der Waals surface area contributed by atoms with E-state index in [-0.39, 0.29) is 17.5 Å². The van der Waals surface area contributed by atoms with Gasteiger partial charge in [-0.15, -0.1) is 0 Å². The number of rotatable bonds is 3. The van der Waals surface area contributed by atoms with Gasteiger partial charge in [-0.1, -0.05) is 18.2 Å². The van der Waals surface area contributed by atoms with Gasteiger partial charge in [-0.25, -0.2) is 8.78 Å². The second kappa shape index (κ2) is 5.08. The number of benzene rings is 1. The van der Waals surface area contributed by atoms with Gasteiger partial charge >= 0.3 is 0 Å². The lowest BCUT2D eigenvalue weighted by molar-refractivity contribution is -0.116. The zero-order chi connectivity index (χ0) is 12.3. The summed E-state index contributed by atoms with van der Waals surface area (Å²) in [5.74, 6) is -2.04. The summed E-state index contributed by atoms with van der Waals surface area (Å²) in [6, 6.07) is 3.73. The molecule has 0 radical (unpaired) electrons. The van der Waals surface area contributed by atoms with E-state index < -0.39 is 11.6 Å². The second-order valence-corrected chi connectivity index (χ2v) is 4.12. The summed E-state index contributed by atoms with van der Waals surface area (Å²) >= 11 is 0. The van der Waals surface area contributed by atoms with Gasteiger partial charge in [-0.05, 0) is 30.9 Å². The van der Waals surface area contributed by atoms with E-state index in [1.165, 1.54) is 12.1 Å². The van der Waals surface area contributed by atoms with Crippen LogP contribution in [-0.4, -0.2) is 5.91 Å². The molecular formula is C13H13F2NO. The average molecular weight is 237 g/mol. The number of carbonyl (C=O) groups excluding carboxylic acids is 1. The van der Waals surface area contributed by atoms with Crippen LogP contribution in [0, 0.1) is 17.6 Å². The zero-order valence-corrected chi connectivity index (χ0v) is 9.25. The summed E-state index contributed by atoms with van der Waals surface area (Å²) in [7, 11) is 0. The van der Waals surface area contributed by atoms with E-state index >= 15 is 0 Å². The minimum atomic E-state index is -1.01. The highest BCUT2D eigenvalue weighted by atomic mass is 19.2. The zero-order valence-electron chi connectivity index (χ0n) is 9.25. The Morgan fingerprint density at radius 3 is 2.94 bits per heavy atom. The molecular weight excluding hydrogens is 224 g/mol. The Morgan fingerprint density at radius 2 is 2.24 bits per heavy atom. The Labute approximate surface area is 98.3 Å². The molecule has 1 atom stereocenters. The van der Waals surface area contributed by atoms with Crippen molar-refractivity contribution < 1.29 is 13.6 Å². The standard InChI is InChI=1S/C13H13F2NO/c14-10-6-3-7-11(13(10)15)16-12(17)8-9-4-1-2-5-9/h1,3-4,6-7,9H,2,5,8H2,(H,16,17)/t9-/m1/s1. The molecule has 1 amide bonds. The van der Waals surface area contributed by atoms with E-state index in [9.17, 15) is 13.6 Å². The Balaban J connectivity index is 1.98. The minimum absolute atomic E-state index is 0.100. The number of halogens is 2. The third-order valence-corrected chi connectivity index (χ3v) is 2.79. The molecule has 0 spiro atoms. The van der Waals surface area contributed by atoms with Gasteiger partial charge in [0.25, 0.3) is 0 Å². The van der Waals surface area contributed by atoms with Crippen molar-refractivity contribution in [2.24, 2.45) is 5.92 Å². The first-order valence-corrected chi connectivity index (χ1v) is 5.57. The summed E-state index contributed by atoms with van der Waals surface area (Å²) in [6.45, 7) is 0. The van der Waals surface area contributed by atoms with Gasteiger partial charge in [0.15, 0.2) is 11.6 Å². The van der Waals surface area contributed by atoms with E-state index in [4.69, 9.17) is 0 Å². The van der Waals surface area contributed by atoms with Crippen LogP contribution in [0.25, 0.3) is 0 Å². The normalized spacial score (nSPS) is 18.4. The maximum absolute atomic E-state index is 13.3. The van der Waals surface area contributed by atoms with E-state index in [1.54, 1.807) is 0 Å². The smallest absolute Gasteiger partial charge is 0.225 e. The highest BCUT2D eigenvalue weighted by molar-refractivity contribution is 5.91. The van der Waals surface area contributed by atoms with Gasteiger partial charge < -0.3 is 5.32 Å². The number of allylic oxidation sites excluding steroid dienone is 2. The van der Waals surface area contributed by atoms with E-state index in [0.717, 1.165) is 18.9 Å². The number of amides is 1. The van der Waals surface area contributed by atoms with Crippen molar-refractivity contribution in [1.29, 1.82) is 0 Å². The van der Waals surface area contributed by atoms with Crippen LogP contribution in [0.2, 0.25) is 0 Å². The predicted molar refractivity (Wildman–Crippen MR) is 61.5 cm³/mol. The largest absolute Gasteiger partial charge is 0.323 e. The first-order valence-electron chi connectivity index (χ1n) is 5.57. The molecule has 17 heavy (non-hydrogen) atoms. The molecule has 0 unspecified atom stereocenters. The van der Waals surface area contributed by atoms with Gasteiger partial charge in [-0.3, -0.25) is 4.79 Å². The number of anilines is 1. The molecule has 1 aromatic carbocycles. The highest BCUT2D eigenvalue weighted by Gasteiger charge is 2.16. The maximum Gasteiger partial charge on any atom is 0.225 e. The molecule has 0 saturated heterocycles. The molecule has 0 saturated carbocycles. The van der Waals surface area contributed by atoms with Gasteiger partial charge in [0.1, 0.15) is 0 Å². The third kappa shape index (κ3) is 2.90. The van der Waals surface area contributed by atoms with Gasteiger partial charge in [0.2, 0.25) is 5.91 Å². The van der Waals surface area contributed by atoms with E-state index in [0.29, 0.717) is 6.42 Å². The van der Waals surface area contributed by atoms with Crippen LogP contribution >= 0.6 is 0 Å². The van der Waals surface area contributed by atoms with E-state index in [2.05, 4.69) is 5.32 Å². The molecule has 0 fully saturated rings. The SMILES string of the molecule is O=C(C[C@@H]1C=CCC1)Nc1cccc(F)c1F. The van der Waals surface area contributed by atoms with Gasteiger partial charge in [-0.2, -0.15) is 0 Å². The summed E-state index contributed by atoms with van der Waals surface area (Å²) in [5.41, 5.74) is -0.100. The molecule has 2 nitrogen and oxygen atoms in total. The summed E-state index contributed by atoms with van der Waals surface area (Å²) in [5, 5.41) is 2.39. The van der Waals surface area contributed by atoms with Gasteiger partial charge in [0.05, 0.1) is 5.69 Å². The molecule has 0 aliphatic heterocycles. The third-order valence-electron chi connectivity index (χ3n) is 2.79. The fraction of sp³-hybridized carbons (Fsp3) is 0.308. The molecule has 2 rings (SSSR count). The molecule has 1 aliphatic rings. The minimum Gasteiger partial charge on any atom is -0.323 e. The Morgan fingerprint density at radius 1 is 1.41 bits per heavy atom. The molecule has 0 bridgehead atoms. The monoisotopic (exact) mass is 237 g/mol. The fourth-order valence-electron chi connectivity index (χ4n) is 1.91. The molecule has 90 valence electrons. The topological polar surface area (TPSA) is 29.1 Å². The molecule has 4 heteroatoms. The van der Waals surface area contributed by atoms with Crippen molar-refractivity contribution in [1.82, 2.24) is 0 Å². The molecule has 0 aromatic heterocycles. The molecule has 1 aliphatic carbocycles. The number of hydrogen-bond acceptors (Lipinski definition) is 1. The lowest BCUT2D eigenvalue weighted by Crippen LogP contribution is -2.16. The average Bonchev–Trinajstić information content (AvgIpc) is 2.77. The van der Waals surface area contributed by atoms with Crippen LogP contribution in [0.5, 0.6) is 0 Å². The molecule has 1 N–H and O–H groups in total. The summed E-state index contributed by atoms with van der Waals surface area (Å²) in [6.07, 6.45) is 6.25. The maximum atomic E-state index is 13.3. The number of hydrogen-bond donors (Lipinski definition) is 1. The van der Waals surface area contributed by atoms with Crippen LogP contribution in [0.3, 0.4) is 0 Å². The highest BCUT2D eigenvalue weighted by Crippen LogP contribution is 2.22. The fourth-order valence-corrected chi connectivity index (χ4v) is 1.91. The molecule has 0 heterocycles. The number of nitrogens with one attached hydrogen (secondary N) is 1. The van der Waals surface area contributed by atoms with Gasteiger partial charge in [0, 0.05) is 6.42 Å². The second-order valence-electron chi connectivity index (χ2n) is 4.12. The first kappa shape index (κ1) is 11.8. The van der Waals surface area contributed by atoms with Crippen molar-refractivity contribution in [3.8, 4) is 0 Å². The van der Waals surface area contributed by atoms with Crippen molar-refractivity contribution in [2.75, 3.05) is 5.32 Å². The first-order chi connectivity index (χ1) is 8.16. The van der Waals surface area contributed by atoms with Crippen LogP contribution in [-0.2, 0) is 4.79 Å².